The maximum absolute atomic E-state index is 9.68. The van der Waals surface area contributed by atoms with Crippen LogP contribution in [0.3, 0.4) is 0 Å². The largest absolute Gasteiger partial charge is 0.507 e. The Kier molecular flexibility index (Phi) is 4.66. The molecule has 0 radical (unpaired) electrons. The third kappa shape index (κ3) is 3.37. The fraction of sp³-hybridized carbons (Fsp3) is 0.0769. The summed E-state index contributed by atoms with van der Waals surface area (Å²) in [6.45, 7) is 0. The summed E-state index contributed by atoms with van der Waals surface area (Å²) in [4.78, 5) is 0. The zero-order valence-electron chi connectivity index (χ0n) is 9.42. The van der Waals surface area contributed by atoms with E-state index >= 15 is 0 Å². The van der Waals surface area contributed by atoms with Crippen molar-refractivity contribution in [3.63, 3.8) is 0 Å². The molecule has 100 valence electrons. The Morgan fingerprint density at radius 1 is 0.789 bits per heavy atom. The molecule has 0 heterocycles. The van der Waals surface area contributed by atoms with Crippen molar-refractivity contribution in [1.29, 1.82) is 0 Å². The van der Waals surface area contributed by atoms with Crippen molar-refractivity contribution in [2.45, 2.75) is 6.42 Å². The number of rotatable bonds is 2. The van der Waals surface area contributed by atoms with E-state index in [1.165, 1.54) is 0 Å². The van der Waals surface area contributed by atoms with E-state index in [1.54, 1.807) is 24.3 Å². The molecule has 0 saturated heterocycles. The van der Waals surface area contributed by atoms with E-state index in [0.29, 0.717) is 25.4 Å². The Balaban J connectivity index is 2.42. The minimum absolute atomic E-state index is 0.108. The molecule has 0 aliphatic heterocycles. The van der Waals surface area contributed by atoms with Gasteiger partial charge in [-0.1, -0.05) is 23.2 Å². The maximum Gasteiger partial charge on any atom is 0.130 e. The zero-order chi connectivity index (χ0) is 14.2. The average molecular weight is 427 g/mol. The Morgan fingerprint density at radius 3 is 1.53 bits per heavy atom. The van der Waals surface area contributed by atoms with Crippen LogP contribution in [0.4, 0.5) is 0 Å². The SMILES string of the molecule is Oc1cc(Cc2cc(O)c(Br)cc2Cl)c(Cl)cc1Br. The van der Waals surface area contributed by atoms with E-state index in [0.717, 1.165) is 11.1 Å². The smallest absolute Gasteiger partial charge is 0.130 e. The molecule has 0 aromatic heterocycles. The summed E-state index contributed by atoms with van der Waals surface area (Å²) in [5.74, 6) is 0.216. The predicted molar refractivity (Wildman–Crippen MR) is 84.4 cm³/mol. The standard InChI is InChI=1S/C13H8Br2Cl2O2/c14-8-4-10(16)6(2-12(8)18)1-7-3-13(19)9(15)5-11(7)17/h2-5,18-19H,1H2. The molecule has 2 N–H and O–H groups in total. The highest BCUT2D eigenvalue weighted by molar-refractivity contribution is 9.10. The molecule has 0 saturated carbocycles. The molecular formula is C13H8Br2Cl2O2. The molecule has 0 amide bonds. The van der Waals surface area contributed by atoms with Crippen LogP contribution in [0.5, 0.6) is 11.5 Å². The molecule has 0 aliphatic rings. The van der Waals surface area contributed by atoms with Gasteiger partial charge in [0.15, 0.2) is 0 Å². The van der Waals surface area contributed by atoms with Crippen LogP contribution < -0.4 is 0 Å². The van der Waals surface area contributed by atoms with Crippen LogP contribution in [0.1, 0.15) is 11.1 Å². The lowest BCUT2D eigenvalue weighted by molar-refractivity contribution is 0.471. The highest BCUT2D eigenvalue weighted by Crippen LogP contribution is 2.35. The molecule has 2 aromatic rings. The molecule has 0 bridgehead atoms. The van der Waals surface area contributed by atoms with Crippen molar-refractivity contribution in [1.82, 2.24) is 0 Å². The molecule has 6 heteroatoms. The van der Waals surface area contributed by atoms with Gasteiger partial charge in [-0.2, -0.15) is 0 Å². The van der Waals surface area contributed by atoms with Gasteiger partial charge in [-0.15, -0.1) is 0 Å². The van der Waals surface area contributed by atoms with Gasteiger partial charge in [0.1, 0.15) is 11.5 Å². The summed E-state index contributed by atoms with van der Waals surface area (Å²) in [7, 11) is 0. The average Bonchev–Trinajstić information content (AvgIpc) is 2.32. The van der Waals surface area contributed by atoms with Crippen molar-refractivity contribution in [2.24, 2.45) is 0 Å². The fourth-order valence-corrected chi connectivity index (χ4v) is 3.05. The maximum atomic E-state index is 9.68. The van der Waals surface area contributed by atoms with Gasteiger partial charge in [0.05, 0.1) is 8.95 Å². The second kappa shape index (κ2) is 5.92. The third-order valence-corrected chi connectivity index (χ3v) is 4.59. The quantitative estimate of drug-likeness (QED) is 0.663. The van der Waals surface area contributed by atoms with E-state index in [1.807, 2.05) is 0 Å². The molecule has 0 unspecified atom stereocenters. The summed E-state index contributed by atoms with van der Waals surface area (Å²) in [6, 6.07) is 6.39. The summed E-state index contributed by atoms with van der Waals surface area (Å²) in [5.41, 5.74) is 1.46. The number of benzene rings is 2. The van der Waals surface area contributed by atoms with Gasteiger partial charge in [-0.3, -0.25) is 0 Å². The Morgan fingerprint density at radius 2 is 1.16 bits per heavy atom. The van der Waals surface area contributed by atoms with Gasteiger partial charge in [-0.25, -0.2) is 0 Å². The Labute approximate surface area is 137 Å². The van der Waals surface area contributed by atoms with Crippen LogP contribution >= 0.6 is 55.1 Å². The normalized spacial score (nSPS) is 10.7. The molecule has 0 aliphatic carbocycles. The lowest BCUT2D eigenvalue weighted by Gasteiger charge is -2.10. The molecular weight excluding hydrogens is 419 g/mol. The van der Waals surface area contributed by atoms with Gasteiger partial charge >= 0.3 is 0 Å². The number of phenols is 2. The molecule has 19 heavy (non-hydrogen) atoms. The number of phenolic OH excluding ortho intramolecular Hbond substituents is 2. The van der Waals surface area contributed by atoms with Crippen molar-refractivity contribution < 1.29 is 10.2 Å². The first-order chi connectivity index (χ1) is 8.88. The Hall–Kier alpha value is -0.420. The summed E-state index contributed by atoms with van der Waals surface area (Å²) in [6.07, 6.45) is 0.416. The van der Waals surface area contributed by atoms with E-state index < -0.39 is 0 Å². The molecule has 2 aromatic carbocycles. The van der Waals surface area contributed by atoms with Gasteiger partial charge in [0.25, 0.3) is 0 Å². The van der Waals surface area contributed by atoms with E-state index in [2.05, 4.69) is 31.9 Å². The van der Waals surface area contributed by atoms with Crippen molar-refractivity contribution in [2.75, 3.05) is 0 Å². The van der Waals surface area contributed by atoms with Crippen LogP contribution in [0.15, 0.2) is 33.2 Å². The van der Waals surface area contributed by atoms with Crippen LogP contribution in [-0.2, 0) is 6.42 Å². The number of hydrogen-bond donors (Lipinski definition) is 2. The van der Waals surface area contributed by atoms with Crippen LogP contribution in [-0.4, -0.2) is 10.2 Å². The predicted octanol–water partition coefficient (Wildman–Crippen LogP) is 5.52. The van der Waals surface area contributed by atoms with Crippen molar-refractivity contribution >= 4 is 55.1 Å². The van der Waals surface area contributed by atoms with E-state index in [4.69, 9.17) is 23.2 Å². The molecule has 2 rings (SSSR count). The van der Waals surface area contributed by atoms with E-state index in [-0.39, 0.29) is 11.5 Å². The van der Waals surface area contributed by atoms with Gasteiger partial charge < -0.3 is 10.2 Å². The summed E-state index contributed by atoms with van der Waals surface area (Å²) >= 11 is 18.6. The lowest BCUT2D eigenvalue weighted by atomic mass is 10.0. The monoisotopic (exact) mass is 424 g/mol. The van der Waals surface area contributed by atoms with Crippen molar-refractivity contribution in [3.05, 3.63) is 54.4 Å². The van der Waals surface area contributed by atoms with Gasteiger partial charge in [-0.05, 0) is 67.3 Å². The topological polar surface area (TPSA) is 40.5 Å². The molecule has 0 spiro atoms. The highest BCUT2D eigenvalue weighted by atomic mass is 79.9. The van der Waals surface area contributed by atoms with Gasteiger partial charge in [0, 0.05) is 16.5 Å². The molecule has 0 atom stereocenters. The first-order valence-electron chi connectivity index (χ1n) is 5.22. The number of hydrogen-bond acceptors (Lipinski definition) is 2. The molecule has 0 fully saturated rings. The van der Waals surface area contributed by atoms with Crippen molar-refractivity contribution in [3.8, 4) is 11.5 Å². The van der Waals surface area contributed by atoms with Crippen LogP contribution in [0.25, 0.3) is 0 Å². The van der Waals surface area contributed by atoms with Crippen LogP contribution in [0.2, 0.25) is 10.0 Å². The summed E-state index contributed by atoms with van der Waals surface area (Å²) in [5, 5.41) is 20.4. The highest BCUT2D eigenvalue weighted by Gasteiger charge is 2.11. The minimum Gasteiger partial charge on any atom is -0.507 e. The third-order valence-electron chi connectivity index (χ3n) is 2.61. The van der Waals surface area contributed by atoms with Crippen LogP contribution in [0, 0.1) is 0 Å². The Bertz CT molecular complexity index is 590. The number of aromatic hydroxyl groups is 2. The van der Waals surface area contributed by atoms with Gasteiger partial charge in [0.2, 0.25) is 0 Å². The lowest BCUT2D eigenvalue weighted by Crippen LogP contribution is -1.92. The fourth-order valence-electron chi connectivity index (χ4n) is 1.64. The van der Waals surface area contributed by atoms with E-state index in [9.17, 15) is 10.2 Å². The number of halogens is 4. The second-order valence-corrected chi connectivity index (χ2v) is 6.49. The summed E-state index contributed by atoms with van der Waals surface area (Å²) < 4.78 is 1.07. The second-order valence-electron chi connectivity index (χ2n) is 3.97. The first-order valence-corrected chi connectivity index (χ1v) is 7.56. The minimum atomic E-state index is 0.108. The molecule has 2 nitrogen and oxygen atoms in total. The first kappa shape index (κ1) is 15.0. The zero-order valence-corrected chi connectivity index (χ0v) is 14.1.